The number of hydrogen-bond donors (Lipinski definition) is 2. The molecule has 4 heteroatoms. The Morgan fingerprint density at radius 3 is 2.36 bits per heavy atom. The highest BCUT2D eigenvalue weighted by Crippen LogP contribution is 2.15. The summed E-state index contributed by atoms with van der Waals surface area (Å²) in [6.45, 7) is 1.95. The maximum atomic E-state index is 8.64. The van der Waals surface area contributed by atoms with Crippen LogP contribution in [-0.4, -0.2) is 17.5 Å². The van der Waals surface area contributed by atoms with Crippen molar-refractivity contribution < 1.29 is 5.21 Å². The lowest BCUT2D eigenvalue weighted by Crippen LogP contribution is -2.24. The van der Waals surface area contributed by atoms with Crippen LogP contribution >= 0.6 is 24.2 Å². The Hall–Kier alpha value is -0.220. The van der Waals surface area contributed by atoms with Gasteiger partial charge in [-0.3, -0.25) is 0 Å². The van der Waals surface area contributed by atoms with Crippen LogP contribution in [0.2, 0.25) is 0 Å². The van der Waals surface area contributed by atoms with Crippen LogP contribution in [0.3, 0.4) is 0 Å². The van der Waals surface area contributed by atoms with Crippen molar-refractivity contribution in [3.8, 4) is 0 Å². The second kappa shape index (κ2) is 7.12. The van der Waals surface area contributed by atoms with Crippen LogP contribution in [0.25, 0.3) is 0 Å². The molecule has 0 aliphatic carbocycles. The Kier molecular flexibility index (Phi) is 7.01. The van der Waals surface area contributed by atoms with E-state index >= 15 is 0 Å². The Balaban J connectivity index is 0.00000169. The fourth-order valence-electron chi connectivity index (χ4n) is 1.16. The minimum Gasteiger partial charge on any atom is -0.317 e. The van der Waals surface area contributed by atoms with Crippen molar-refractivity contribution >= 4 is 24.2 Å². The van der Waals surface area contributed by atoms with Crippen LogP contribution in [-0.2, 0) is 6.42 Å². The van der Waals surface area contributed by atoms with Gasteiger partial charge in [0.15, 0.2) is 0 Å². The molecule has 0 bridgehead atoms. The summed E-state index contributed by atoms with van der Waals surface area (Å²) in [4.78, 5) is 1.27. The van der Waals surface area contributed by atoms with E-state index in [1.54, 1.807) is 11.8 Å². The van der Waals surface area contributed by atoms with E-state index in [-0.39, 0.29) is 18.4 Å². The molecule has 80 valence electrons. The number of hydroxylamine groups is 1. The van der Waals surface area contributed by atoms with Gasteiger partial charge in [-0.25, -0.2) is 5.48 Å². The highest BCUT2D eigenvalue weighted by Gasteiger charge is 2.00. The number of halogens is 1. The standard InChI is InChI=1S/C10H15NOS.ClH/c1-8(11-12)7-9-3-5-10(13-2)6-4-9;/h3-6,8,11-12H,7H2,1-2H3;1H. The van der Waals surface area contributed by atoms with Gasteiger partial charge in [0.1, 0.15) is 0 Å². The maximum Gasteiger partial charge on any atom is 0.0331 e. The molecule has 1 aromatic rings. The lowest BCUT2D eigenvalue weighted by molar-refractivity contribution is 0.133. The summed E-state index contributed by atoms with van der Waals surface area (Å²) in [5.41, 5.74) is 3.48. The fraction of sp³-hybridized carbons (Fsp3) is 0.400. The van der Waals surface area contributed by atoms with Crippen LogP contribution in [0, 0.1) is 0 Å². The van der Waals surface area contributed by atoms with Gasteiger partial charge in [-0.15, -0.1) is 24.2 Å². The van der Waals surface area contributed by atoms with E-state index in [0.717, 1.165) is 6.42 Å². The van der Waals surface area contributed by atoms with Crippen molar-refractivity contribution in [1.82, 2.24) is 5.48 Å². The lowest BCUT2D eigenvalue weighted by Gasteiger charge is -2.08. The molecule has 2 nitrogen and oxygen atoms in total. The molecule has 1 atom stereocenters. The van der Waals surface area contributed by atoms with Crippen LogP contribution in [0.15, 0.2) is 29.2 Å². The van der Waals surface area contributed by atoms with Crippen molar-refractivity contribution in [2.75, 3.05) is 6.26 Å². The van der Waals surface area contributed by atoms with E-state index in [4.69, 9.17) is 5.21 Å². The van der Waals surface area contributed by atoms with Gasteiger partial charge in [-0.05, 0) is 37.3 Å². The zero-order valence-electron chi connectivity index (χ0n) is 8.36. The summed E-state index contributed by atoms with van der Waals surface area (Å²) < 4.78 is 0. The monoisotopic (exact) mass is 233 g/mol. The number of hydrogen-bond acceptors (Lipinski definition) is 3. The largest absolute Gasteiger partial charge is 0.317 e. The first-order valence-corrected chi connectivity index (χ1v) is 5.51. The van der Waals surface area contributed by atoms with Crippen LogP contribution in [0.5, 0.6) is 0 Å². The Bertz CT molecular complexity index is 253. The molecule has 0 aliphatic heterocycles. The molecule has 0 aliphatic rings. The summed E-state index contributed by atoms with van der Waals surface area (Å²) in [7, 11) is 0. The van der Waals surface area contributed by atoms with Gasteiger partial charge < -0.3 is 5.21 Å². The van der Waals surface area contributed by atoms with Crippen molar-refractivity contribution in [2.45, 2.75) is 24.3 Å². The van der Waals surface area contributed by atoms with Crippen LogP contribution in [0.1, 0.15) is 12.5 Å². The predicted molar refractivity (Wildman–Crippen MR) is 63.6 cm³/mol. The first kappa shape index (κ1) is 13.8. The van der Waals surface area contributed by atoms with Crippen LogP contribution in [0.4, 0.5) is 0 Å². The molecule has 0 heterocycles. The van der Waals surface area contributed by atoms with Gasteiger partial charge in [0.25, 0.3) is 0 Å². The van der Waals surface area contributed by atoms with E-state index in [1.807, 2.05) is 6.92 Å². The van der Waals surface area contributed by atoms with Gasteiger partial charge in [0.05, 0.1) is 0 Å². The van der Waals surface area contributed by atoms with E-state index in [9.17, 15) is 0 Å². The van der Waals surface area contributed by atoms with Gasteiger partial charge in [-0.2, -0.15) is 0 Å². The zero-order chi connectivity index (χ0) is 9.68. The molecule has 0 fully saturated rings. The second-order valence-electron chi connectivity index (χ2n) is 3.08. The van der Waals surface area contributed by atoms with E-state index in [1.165, 1.54) is 10.5 Å². The second-order valence-corrected chi connectivity index (χ2v) is 3.96. The summed E-state index contributed by atoms with van der Waals surface area (Å²) in [5.74, 6) is 0. The average Bonchev–Trinajstić information content (AvgIpc) is 2.19. The molecule has 0 radical (unpaired) electrons. The van der Waals surface area contributed by atoms with Crippen molar-refractivity contribution in [2.24, 2.45) is 0 Å². The first-order chi connectivity index (χ1) is 6.26. The molecule has 1 rings (SSSR count). The SMILES string of the molecule is CSc1ccc(CC(C)NO)cc1.Cl. The Morgan fingerprint density at radius 2 is 1.93 bits per heavy atom. The third-order valence-corrected chi connectivity index (χ3v) is 2.66. The molecule has 2 N–H and O–H groups in total. The molecular formula is C10H16ClNOS. The van der Waals surface area contributed by atoms with Crippen molar-refractivity contribution in [3.05, 3.63) is 29.8 Å². The Labute approximate surface area is 95.5 Å². The fourth-order valence-corrected chi connectivity index (χ4v) is 1.57. The molecule has 1 unspecified atom stereocenters. The highest BCUT2D eigenvalue weighted by molar-refractivity contribution is 7.98. The number of thioether (sulfide) groups is 1. The van der Waals surface area contributed by atoms with Crippen molar-refractivity contribution in [1.29, 1.82) is 0 Å². The number of benzene rings is 1. The minimum atomic E-state index is 0. The number of nitrogens with one attached hydrogen (secondary N) is 1. The molecular weight excluding hydrogens is 218 g/mol. The third-order valence-electron chi connectivity index (χ3n) is 1.92. The molecule has 0 aromatic heterocycles. The minimum absolute atomic E-state index is 0. The molecule has 0 saturated carbocycles. The van der Waals surface area contributed by atoms with E-state index < -0.39 is 0 Å². The van der Waals surface area contributed by atoms with Gasteiger partial charge in [0.2, 0.25) is 0 Å². The summed E-state index contributed by atoms with van der Waals surface area (Å²) >= 11 is 1.74. The quantitative estimate of drug-likeness (QED) is 0.620. The van der Waals surface area contributed by atoms with E-state index in [0.29, 0.717) is 0 Å². The third kappa shape index (κ3) is 4.33. The lowest BCUT2D eigenvalue weighted by atomic mass is 10.1. The summed E-state index contributed by atoms with van der Waals surface area (Å²) in [6.07, 6.45) is 2.91. The normalized spacial score (nSPS) is 11.9. The smallest absolute Gasteiger partial charge is 0.0331 e. The average molecular weight is 234 g/mol. The maximum absolute atomic E-state index is 8.64. The predicted octanol–water partition coefficient (Wildman–Crippen LogP) is 2.74. The Morgan fingerprint density at radius 1 is 1.36 bits per heavy atom. The number of rotatable bonds is 4. The van der Waals surface area contributed by atoms with Gasteiger partial charge >= 0.3 is 0 Å². The van der Waals surface area contributed by atoms with Gasteiger partial charge in [-0.1, -0.05) is 12.1 Å². The first-order valence-electron chi connectivity index (χ1n) is 4.29. The highest BCUT2D eigenvalue weighted by atomic mass is 35.5. The van der Waals surface area contributed by atoms with E-state index in [2.05, 4.69) is 36.0 Å². The van der Waals surface area contributed by atoms with Crippen molar-refractivity contribution in [3.63, 3.8) is 0 Å². The molecule has 0 spiro atoms. The zero-order valence-corrected chi connectivity index (χ0v) is 9.99. The summed E-state index contributed by atoms with van der Waals surface area (Å²) in [6, 6.07) is 8.51. The summed E-state index contributed by atoms with van der Waals surface area (Å²) in [5, 5.41) is 8.64. The molecule has 0 saturated heterocycles. The molecule has 0 amide bonds. The van der Waals surface area contributed by atoms with Crippen LogP contribution < -0.4 is 5.48 Å². The molecule has 1 aromatic carbocycles. The topological polar surface area (TPSA) is 32.3 Å². The van der Waals surface area contributed by atoms with Gasteiger partial charge in [0, 0.05) is 10.9 Å². The molecule has 14 heavy (non-hydrogen) atoms.